The van der Waals surface area contributed by atoms with Gasteiger partial charge in [0.05, 0.1) is 26.2 Å². The molecule has 2 aromatic heterocycles. The first kappa shape index (κ1) is 53.9. The summed E-state index contributed by atoms with van der Waals surface area (Å²) in [7, 11) is -25.7. The second kappa shape index (κ2) is 19.9. The van der Waals surface area contributed by atoms with Crippen LogP contribution in [0.3, 0.4) is 0 Å². The van der Waals surface area contributed by atoms with Gasteiger partial charge in [-0.25, -0.2) is 4.98 Å². The molecule has 24 nitrogen and oxygen atoms in total. The number of hydrogen-bond donors (Lipinski definition) is 7. The smallest absolute Gasteiger partial charge is 0.296 e. The molecule has 0 bridgehead atoms. The lowest BCUT2D eigenvalue weighted by molar-refractivity contribution is 0.478. The molecule has 0 amide bonds. The molecule has 0 radical (unpaired) electrons. The maximum absolute atomic E-state index is 12.7. The number of anilines is 4. The Morgan fingerprint density at radius 3 is 1.55 bits per heavy atom. The highest BCUT2D eigenvalue weighted by molar-refractivity contribution is 7.87. The molecular weight excluding hydrogens is 1120 g/mol. The Balaban J connectivity index is 1.44. The van der Waals surface area contributed by atoms with Crippen molar-refractivity contribution in [2.45, 2.75) is 38.3 Å². The van der Waals surface area contributed by atoms with Crippen LogP contribution in [0.4, 0.5) is 44.4 Å². The minimum Gasteiger partial charge on any atom is -0.339 e. The fraction of sp³-hybridized carbons (Fsp3) is 0.0488. The van der Waals surface area contributed by atoms with Crippen molar-refractivity contribution in [2.75, 3.05) is 10.6 Å². The van der Waals surface area contributed by atoms with Crippen LogP contribution in [0.1, 0.15) is 22.3 Å². The summed E-state index contributed by atoms with van der Waals surface area (Å²) >= 11 is 12.7. The first-order valence-electron chi connectivity index (χ1n) is 19.4. The van der Waals surface area contributed by atoms with Crippen molar-refractivity contribution >= 4 is 140 Å². The van der Waals surface area contributed by atoms with Gasteiger partial charge in [0.25, 0.3) is 50.6 Å². The van der Waals surface area contributed by atoms with E-state index < -0.39 is 91.5 Å². The predicted molar refractivity (Wildman–Crippen MR) is 264 cm³/mol. The number of aromatic nitrogens is 1. The van der Waals surface area contributed by atoms with Gasteiger partial charge in [0.1, 0.15) is 48.0 Å². The minimum absolute atomic E-state index is 0.00633. The van der Waals surface area contributed by atoms with Crippen molar-refractivity contribution in [3.63, 3.8) is 0 Å². The Morgan fingerprint density at radius 2 is 1.04 bits per heavy atom. The standard InChI is InChI=1S/C41H27Cl2N9O15S6/c1-19-3-5-21(6-4-19)36-29(18-45)40(68-41(36)52-49-24-11-26-27(32(14-24)70(56,57)58)15-25(69(53,54)55)16-33(26)71(59,60)61)51-50-37-20(2)28(17-44)38(46-22-7-9-30(42)34(12-22)72(62,63)64)48-39(37)47-23-8-10-31(43)35(13-23)73(65,66)67/h3-16H,1-2H3,(H2,46,47,48)(H,53,54,55)(H,56,57,58)(H,59,60,61)(H,62,63,64)(H,65,66,67). The normalized spacial score (nSPS) is 12.6. The number of thiophene rings is 1. The van der Waals surface area contributed by atoms with Gasteiger partial charge in [-0.2, -0.15) is 52.6 Å². The number of nitrogens with zero attached hydrogens (tertiary/aromatic N) is 7. The second-order valence-electron chi connectivity index (χ2n) is 15.0. The Labute approximate surface area is 427 Å². The molecule has 32 heteroatoms. The van der Waals surface area contributed by atoms with E-state index >= 15 is 0 Å². The Morgan fingerprint density at radius 1 is 0.548 bits per heavy atom. The van der Waals surface area contributed by atoms with E-state index in [-0.39, 0.29) is 71.0 Å². The maximum Gasteiger partial charge on any atom is 0.296 e. The molecule has 0 saturated heterocycles. The van der Waals surface area contributed by atoms with Crippen LogP contribution in [0.2, 0.25) is 10.0 Å². The second-order valence-corrected chi connectivity index (χ2v) is 23.8. The third kappa shape index (κ3) is 11.7. The van der Waals surface area contributed by atoms with Gasteiger partial charge in [0, 0.05) is 33.3 Å². The SMILES string of the molecule is Cc1ccc(-c2c(N=Nc3cc(S(=O)(=O)O)c4cc(S(=O)(=O)O)cc(S(=O)(=O)O)c4c3)sc(N=Nc3c(Nc4ccc(Cl)c(S(=O)(=O)O)c4)nc(Nc4ccc(Cl)c(S(=O)(=O)O)c4)c(C#N)c3C)c2C#N)cc1. The van der Waals surface area contributed by atoms with Crippen LogP contribution in [-0.2, 0) is 50.6 Å². The fourth-order valence-corrected chi connectivity index (χ4v) is 11.8. The van der Waals surface area contributed by atoms with E-state index in [0.717, 1.165) is 35.9 Å². The van der Waals surface area contributed by atoms with Gasteiger partial charge in [0.2, 0.25) is 0 Å². The van der Waals surface area contributed by atoms with E-state index in [1.54, 1.807) is 31.2 Å². The molecular formula is C41H27Cl2N9O15S6. The summed E-state index contributed by atoms with van der Waals surface area (Å²) in [5, 5.41) is 41.1. The van der Waals surface area contributed by atoms with Crippen LogP contribution in [0.15, 0.2) is 130 Å². The summed E-state index contributed by atoms with van der Waals surface area (Å²) in [6.45, 7) is 3.16. The number of pyridine rings is 1. The van der Waals surface area contributed by atoms with Crippen LogP contribution in [0.5, 0.6) is 0 Å². The van der Waals surface area contributed by atoms with Gasteiger partial charge in [0.15, 0.2) is 16.6 Å². The van der Waals surface area contributed by atoms with Crippen LogP contribution in [-0.4, -0.2) is 69.8 Å². The molecule has 0 saturated carbocycles. The highest BCUT2D eigenvalue weighted by Gasteiger charge is 2.28. The molecule has 0 aliphatic carbocycles. The zero-order chi connectivity index (χ0) is 53.7. The van der Waals surface area contributed by atoms with Crippen LogP contribution in [0.25, 0.3) is 21.9 Å². The summed E-state index contributed by atoms with van der Waals surface area (Å²) in [5.41, 5.74) is -0.108. The van der Waals surface area contributed by atoms with Crippen LogP contribution < -0.4 is 10.6 Å². The monoisotopic (exact) mass is 1150 g/mol. The lowest BCUT2D eigenvalue weighted by Crippen LogP contribution is -2.07. The zero-order valence-electron chi connectivity index (χ0n) is 36.2. The Bertz CT molecular complexity index is 4260. The van der Waals surface area contributed by atoms with E-state index in [4.69, 9.17) is 23.2 Å². The van der Waals surface area contributed by atoms with E-state index in [1.165, 1.54) is 19.1 Å². The Kier molecular flexibility index (Phi) is 14.7. The van der Waals surface area contributed by atoms with Crippen molar-refractivity contribution < 1.29 is 64.9 Å². The van der Waals surface area contributed by atoms with E-state index in [1.807, 2.05) is 12.1 Å². The average molecular weight is 1150 g/mol. The van der Waals surface area contributed by atoms with Crippen molar-refractivity contribution in [1.29, 1.82) is 10.5 Å². The van der Waals surface area contributed by atoms with Crippen molar-refractivity contribution in [2.24, 2.45) is 20.5 Å². The van der Waals surface area contributed by atoms with Gasteiger partial charge < -0.3 is 10.6 Å². The lowest BCUT2D eigenvalue weighted by Gasteiger charge is -2.16. The highest BCUT2D eigenvalue weighted by Crippen LogP contribution is 2.49. The topological polar surface area (TPSA) is 406 Å². The number of rotatable bonds is 14. The number of halogens is 2. The Hall–Kier alpha value is -6.88. The van der Waals surface area contributed by atoms with Gasteiger partial charge in [-0.1, -0.05) is 64.4 Å². The van der Waals surface area contributed by atoms with E-state index in [9.17, 15) is 75.4 Å². The van der Waals surface area contributed by atoms with Crippen molar-refractivity contribution in [3.05, 3.63) is 117 Å². The minimum atomic E-state index is -5.39. The molecule has 2 heterocycles. The number of benzene rings is 5. The van der Waals surface area contributed by atoms with E-state index in [2.05, 4.69) is 36.1 Å². The maximum atomic E-state index is 12.7. The van der Waals surface area contributed by atoms with Crippen LogP contribution >= 0.6 is 34.5 Å². The lowest BCUT2D eigenvalue weighted by atomic mass is 10.0. The first-order valence-corrected chi connectivity index (χ1v) is 28.2. The molecule has 376 valence electrons. The zero-order valence-corrected chi connectivity index (χ0v) is 42.6. The van der Waals surface area contributed by atoms with E-state index in [0.29, 0.717) is 35.1 Å². The average Bonchev–Trinajstić information content (AvgIpc) is 3.64. The van der Waals surface area contributed by atoms with Gasteiger partial charge in [-0.05, 0) is 80.1 Å². The fourth-order valence-electron chi connectivity index (χ4n) is 6.79. The number of fused-ring (bicyclic) bond motifs is 1. The molecule has 7 N–H and O–H groups in total. The van der Waals surface area contributed by atoms with Gasteiger partial charge in [-0.15, -0.1) is 20.5 Å². The summed E-state index contributed by atoms with van der Waals surface area (Å²) in [5.74, 6) is -0.552. The molecule has 73 heavy (non-hydrogen) atoms. The van der Waals surface area contributed by atoms with Crippen molar-refractivity contribution in [1.82, 2.24) is 4.98 Å². The highest BCUT2D eigenvalue weighted by atomic mass is 35.5. The molecule has 5 aromatic carbocycles. The predicted octanol–water partition coefficient (Wildman–Crippen LogP) is 10.2. The van der Waals surface area contributed by atoms with Gasteiger partial charge in [-0.3, -0.25) is 22.8 Å². The molecule has 0 fully saturated rings. The summed E-state index contributed by atoms with van der Waals surface area (Å²) in [6.07, 6.45) is 0. The number of azo groups is 2. The third-order valence-corrected chi connectivity index (χ3v) is 16.3. The molecule has 7 aromatic rings. The third-order valence-electron chi connectivity index (χ3n) is 10.1. The van der Waals surface area contributed by atoms with Gasteiger partial charge >= 0.3 is 0 Å². The number of nitriles is 2. The largest absolute Gasteiger partial charge is 0.339 e. The summed E-state index contributed by atoms with van der Waals surface area (Å²) in [6, 6.07) is 19.6. The molecule has 0 spiro atoms. The summed E-state index contributed by atoms with van der Waals surface area (Å²) < 4.78 is 172. The number of aryl methyl sites for hydroxylation is 1. The quantitative estimate of drug-likeness (QED) is 0.0393. The van der Waals surface area contributed by atoms with Crippen molar-refractivity contribution in [3.8, 4) is 23.3 Å². The summed E-state index contributed by atoms with van der Waals surface area (Å²) in [4.78, 5) is -0.453. The van der Waals surface area contributed by atoms with Crippen LogP contribution in [0, 0.1) is 36.5 Å². The molecule has 0 atom stereocenters. The first-order chi connectivity index (χ1) is 33.9. The number of nitrogens with one attached hydrogen (secondary N) is 2. The molecule has 7 rings (SSSR count). The number of hydrogen-bond acceptors (Lipinski definition) is 20. The molecule has 0 unspecified atom stereocenters. The molecule has 0 aliphatic rings. The molecule has 0 aliphatic heterocycles.